The van der Waals surface area contributed by atoms with Gasteiger partial charge in [-0.25, -0.2) is 18.7 Å². The summed E-state index contributed by atoms with van der Waals surface area (Å²) in [6.07, 6.45) is 4.35. The van der Waals surface area contributed by atoms with E-state index in [9.17, 15) is 8.78 Å². The van der Waals surface area contributed by atoms with E-state index in [0.29, 0.717) is 33.4 Å². The fourth-order valence-electron chi connectivity index (χ4n) is 4.11. The van der Waals surface area contributed by atoms with Crippen molar-refractivity contribution in [3.63, 3.8) is 0 Å². The molecule has 0 bridgehead atoms. The van der Waals surface area contributed by atoms with Gasteiger partial charge in [0.05, 0.1) is 11.1 Å². The van der Waals surface area contributed by atoms with Gasteiger partial charge in [-0.1, -0.05) is 36.4 Å². The third kappa shape index (κ3) is 4.11. The molecule has 0 radical (unpaired) electrons. The fourth-order valence-corrected chi connectivity index (χ4v) is 4.11. The number of rotatable bonds is 6. The second-order valence-electron chi connectivity index (χ2n) is 8.30. The van der Waals surface area contributed by atoms with E-state index in [-0.39, 0.29) is 35.2 Å². The van der Waals surface area contributed by atoms with E-state index in [1.54, 1.807) is 60.9 Å². The second-order valence-corrected chi connectivity index (χ2v) is 8.30. The number of aromatic amines is 2. The van der Waals surface area contributed by atoms with Crippen LogP contribution in [-0.2, 0) is 0 Å². The van der Waals surface area contributed by atoms with Gasteiger partial charge in [-0.05, 0) is 12.1 Å². The summed E-state index contributed by atoms with van der Waals surface area (Å²) in [7, 11) is 0. The molecule has 6 N–H and O–H groups in total. The number of nitrogen functional groups attached to an aromatic ring is 2. The van der Waals surface area contributed by atoms with Gasteiger partial charge in [0.2, 0.25) is 23.5 Å². The van der Waals surface area contributed by atoms with Gasteiger partial charge in [-0.2, -0.15) is 0 Å². The first-order valence-electron chi connectivity index (χ1n) is 11.4. The normalized spacial score (nSPS) is 11.1. The monoisotopic (exact) mass is 511 g/mol. The maximum atomic E-state index is 14.3. The summed E-state index contributed by atoms with van der Waals surface area (Å²) >= 11 is 0. The number of anilines is 2. The summed E-state index contributed by atoms with van der Waals surface area (Å²) in [6, 6.07) is 15.7. The smallest absolute Gasteiger partial charge is 0.232 e. The first kappa shape index (κ1) is 23.0. The highest BCUT2D eigenvalue weighted by atomic mass is 19.1. The molecule has 2 aromatic heterocycles. The topological polar surface area (TPSA) is 141 Å². The van der Waals surface area contributed by atoms with E-state index in [1.807, 2.05) is 0 Å². The zero-order valence-corrected chi connectivity index (χ0v) is 19.6. The molecule has 0 spiro atoms. The Morgan fingerprint density at radius 1 is 0.605 bits per heavy atom. The van der Waals surface area contributed by atoms with Crippen molar-refractivity contribution in [1.82, 2.24) is 24.9 Å². The van der Waals surface area contributed by atoms with Crippen molar-refractivity contribution in [1.29, 1.82) is 0 Å². The van der Waals surface area contributed by atoms with Crippen LogP contribution in [0, 0.1) is 11.6 Å². The summed E-state index contributed by atoms with van der Waals surface area (Å²) in [5, 5.41) is 0. The SMILES string of the molecule is Nc1[nH]c(Oc2ncnc(Oc3cc(-c4ccccc4F)c(N)[nH]3)c3cncc2-3)cc1-c1ccccc1F. The summed E-state index contributed by atoms with van der Waals surface area (Å²) < 4.78 is 40.5. The first-order valence-corrected chi connectivity index (χ1v) is 11.4. The molecule has 0 amide bonds. The maximum absolute atomic E-state index is 14.3. The number of ether oxygens (including phenoxy) is 2. The molecule has 0 unspecified atom stereocenters. The molecule has 0 atom stereocenters. The van der Waals surface area contributed by atoms with E-state index in [4.69, 9.17) is 20.9 Å². The third-order valence-electron chi connectivity index (χ3n) is 5.90. The van der Waals surface area contributed by atoms with Crippen molar-refractivity contribution in [2.45, 2.75) is 0 Å². The molecular weight excluding hydrogens is 492 g/mol. The van der Waals surface area contributed by atoms with Crippen LogP contribution >= 0.6 is 0 Å². The molecule has 0 aliphatic carbocycles. The zero-order valence-electron chi connectivity index (χ0n) is 19.6. The van der Waals surface area contributed by atoms with Crippen LogP contribution in [0.3, 0.4) is 0 Å². The minimum Gasteiger partial charge on any atom is -0.422 e. The molecule has 0 fully saturated rings. The van der Waals surface area contributed by atoms with Gasteiger partial charge < -0.3 is 30.9 Å². The number of benzene rings is 2. The van der Waals surface area contributed by atoms with Crippen molar-refractivity contribution in [3.05, 3.63) is 91.0 Å². The standard InChI is InChI=1S/C27H19F2N7O2/c28-20-7-3-1-5-14(20)16-9-22(35-24(16)30)37-26-18-11-32-12-19(18)27(34-13-33-26)38-23-10-17(25(31)36-23)15-6-2-4-8-21(15)29/h1-13,35-36H,30-31H2. The summed E-state index contributed by atoms with van der Waals surface area (Å²) in [6.45, 7) is 0. The van der Waals surface area contributed by atoms with E-state index >= 15 is 0 Å². The molecule has 0 saturated heterocycles. The molecule has 2 aliphatic rings. The number of aromatic nitrogens is 5. The molecule has 11 heteroatoms. The highest BCUT2D eigenvalue weighted by Gasteiger charge is 2.21. The Morgan fingerprint density at radius 3 is 1.50 bits per heavy atom. The Balaban J connectivity index is 1.29. The average molecular weight is 511 g/mol. The number of hydrogen-bond donors (Lipinski definition) is 4. The van der Waals surface area contributed by atoms with Crippen molar-refractivity contribution in [2.24, 2.45) is 0 Å². The number of hydrogen-bond acceptors (Lipinski definition) is 7. The molecule has 2 aromatic carbocycles. The van der Waals surface area contributed by atoms with E-state index in [0.717, 1.165) is 0 Å². The molecular formula is C27H19F2N7O2. The van der Waals surface area contributed by atoms with Gasteiger partial charge in [0, 0.05) is 46.8 Å². The molecule has 38 heavy (non-hydrogen) atoms. The number of nitrogens with zero attached hydrogens (tertiary/aromatic N) is 3. The number of H-pyrrole nitrogens is 2. The third-order valence-corrected chi connectivity index (χ3v) is 5.90. The lowest BCUT2D eigenvalue weighted by Crippen LogP contribution is -1.91. The molecule has 188 valence electrons. The number of halogens is 2. The van der Waals surface area contributed by atoms with Crippen LogP contribution in [0.25, 0.3) is 33.4 Å². The quantitative estimate of drug-likeness (QED) is 0.215. The van der Waals surface area contributed by atoms with E-state index in [2.05, 4.69) is 24.9 Å². The maximum Gasteiger partial charge on any atom is 0.232 e. The van der Waals surface area contributed by atoms with Gasteiger partial charge in [0.25, 0.3) is 0 Å². The number of nitrogens with two attached hydrogens (primary N) is 2. The minimum atomic E-state index is -0.411. The summed E-state index contributed by atoms with van der Waals surface area (Å²) in [4.78, 5) is 18.5. The van der Waals surface area contributed by atoms with Crippen molar-refractivity contribution in [3.8, 4) is 56.9 Å². The van der Waals surface area contributed by atoms with Crippen LogP contribution in [0.1, 0.15) is 0 Å². The van der Waals surface area contributed by atoms with Gasteiger partial charge >= 0.3 is 0 Å². The van der Waals surface area contributed by atoms with Crippen molar-refractivity contribution in [2.75, 3.05) is 11.5 Å². The predicted molar refractivity (Wildman–Crippen MR) is 138 cm³/mol. The van der Waals surface area contributed by atoms with Crippen LogP contribution in [0.4, 0.5) is 20.4 Å². The lowest BCUT2D eigenvalue weighted by Gasteiger charge is -2.05. The average Bonchev–Trinajstić information content (AvgIpc) is 3.59. The molecule has 2 aliphatic heterocycles. The number of nitrogens with one attached hydrogen (secondary N) is 2. The molecule has 4 heterocycles. The Labute approximate surface area is 214 Å². The summed E-state index contributed by atoms with van der Waals surface area (Å²) in [5.74, 6) is 0.473. The van der Waals surface area contributed by atoms with E-state index < -0.39 is 11.6 Å². The summed E-state index contributed by atoms with van der Waals surface area (Å²) in [5.41, 5.74) is 14.7. The first-order chi connectivity index (χ1) is 18.5. The largest absolute Gasteiger partial charge is 0.422 e. The highest BCUT2D eigenvalue weighted by molar-refractivity contribution is 5.78. The van der Waals surface area contributed by atoms with Gasteiger partial charge in [0.15, 0.2) is 0 Å². The Morgan fingerprint density at radius 2 is 1.05 bits per heavy atom. The highest BCUT2D eigenvalue weighted by Crippen LogP contribution is 2.40. The van der Waals surface area contributed by atoms with Crippen molar-refractivity contribution < 1.29 is 18.3 Å². The molecule has 4 aromatic rings. The van der Waals surface area contributed by atoms with Gasteiger partial charge in [0.1, 0.15) is 29.6 Å². The molecule has 6 rings (SSSR count). The fraction of sp³-hybridized carbons (Fsp3) is 0. The van der Waals surface area contributed by atoms with Crippen molar-refractivity contribution >= 4 is 11.6 Å². The van der Waals surface area contributed by atoms with Crippen LogP contribution in [0.5, 0.6) is 23.5 Å². The minimum absolute atomic E-state index is 0.166. The van der Waals surface area contributed by atoms with Crippen LogP contribution in [0.2, 0.25) is 0 Å². The number of fused-ring (bicyclic) bond motifs is 1. The van der Waals surface area contributed by atoms with Gasteiger partial charge in [-0.3, -0.25) is 4.98 Å². The lowest BCUT2D eigenvalue weighted by molar-refractivity contribution is 0.450. The Kier molecular flexibility index (Phi) is 5.57. The molecule has 9 nitrogen and oxygen atoms in total. The van der Waals surface area contributed by atoms with Crippen LogP contribution < -0.4 is 20.9 Å². The van der Waals surface area contributed by atoms with E-state index in [1.165, 1.54) is 18.5 Å². The Bertz CT molecular complexity index is 1620. The molecule has 0 saturated carbocycles. The Hall–Kier alpha value is -5.45. The lowest BCUT2D eigenvalue weighted by atomic mass is 10.1. The zero-order chi connectivity index (χ0) is 26.2. The van der Waals surface area contributed by atoms with Gasteiger partial charge in [-0.15, -0.1) is 0 Å². The van der Waals surface area contributed by atoms with Crippen LogP contribution in [-0.4, -0.2) is 24.9 Å². The second kappa shape index (κ2) is 9.21. The predicted octanol–water partition coefficient (Wildman–Crippen LogP) is 5.99. The van der Waals surface area contributed by atoms with Crippen LogP contribution in [0.15, 0.2) is 79.4 Å².